The van der Waals surface area contributed by atoms with Gasteiger partial charge < -0.3 is 5.32 Å². The largest absolute Gasteiger partial charge is 0.312 e. The van der Waals surface area contributed by atoms with Crippen molar-refractivity contribution in [3.8, 4) is 0 Å². The summed E-state index contributed by atoms with van der Waals surface area (Å²) in [4.78, 5) is 2.67. The molecule has 1 saturated heterocycles. The van der Waals surface area contributed by atoms with Crippen LogP contribution in [0.25, 0.3) is 0 Å². The molecule has 0 bridgehead atoms. The van der Waals surface area contributed by atoms with Gasteiger partial charge in [-0.3, -0.25) is 4.90 Å². The van der Waals surface area contributed by atoms with Gasteiger partial charge in [0.05, 0.1) is 0 Å². The van der Waals surface area contributed by atoms with Crippen molar-refractivity contribution in [1.29, 1.82) is 0 Å². The number of hydrogen-bond donors (Lipinski definition) is 1. The molecule has 118 valence electrons. The average Bonchev–Trinajstić information content (AvgIpc) is 3.00. The lowest BCUT2D eigenvalue weighted by atomic mass is 9.87. The Morgan fingerprint density at radius 1 is 1.19 bits per heavy atom. The molecular weight excluding hydrogens is 324 g/mol. The summed E-state index contributed by atoms with van der Waals surface area (Å²) in [5.74, 6) is 0. The molecule has 1 atom stereocenters. The maximum atomic E-state index is 3.80. The topological polar surface area (TPSA) is 15.3 Å². The predicted octanol–water partition coefficient (Wildman–Crippen LogP) is 4.23. The summed E-state index contributed by atoms with van der Waals surface area (Å²) in [5.41, 5.74) is 1.62. The molecule has 1 aliphatic heterocycles. The number of benzene rings is 1. The molecular formula is C18H29BrN2. The lowest BCUT2D eigenvalue weighted by Gasteiger charge is -2.43. The van der Waals surface area contributed by atoms with Crippen LogP contribution in [-0.4, -0.2) is 36.1 Å². The van der Waals surface area contributed by atoms with E-state index >= 15 is 0 Å². The SMILES string of the molecule is CCCNC(Cc1ccc(Br)cc1)C(C)(C)N1CCCC1. The zero-order valence-corrected chi connectivity index (χ0v) is 15.2. The molecule has 1 unspecified atom stereocenters. The van der Waals surface area contributed by atoms with Crippen LogP contribution in [0.15, 0.2) is 28.7 Å². The normalized spacial score (nSPS) is 18.1. The molecule has 1 aromatic rings. The molecule has 1 N–H and O–H groups in total. The van der Waals surface area contributed by atoms with Crippen LogP contribution >= 0.6 is 15.9 Å². The fraction of sp³-hybridized carbons (Fsp3) is 0.667. The third kappa shape index (κ3) is 4.54. The molecule has 1 aromatic carbocycles. The van der Waals surface area contributed by atoms with Crippen LogP contribution in [0.3, 0.4) is 0 Å². The van der Waals surface area contributed by atoms with Gasteiger partial charge >= 0.3 is 0 Å². The smallest absolute Gasteiger partial charge is 0.0309 e. The monoisotopic (exact) mass is 352 g/mol. The summed E-state index contributed by atoms with van der Waals surface area (Å²) in [6.07, 6.45) is 4.98. The second-order valence-electron chi connectivity index (χ2n) is 6.69. The van der Waals surface area contributed by atoms with E-state index in [4.69, 9.17) is 0 Å². The van der Waals surface area contributed by atoms with E-state index in [0.29, 0.717) is 6.04 Å². The minimum atomic E-state index is 0.207. The van der Waals surface area contributed by atoms with E-state index in [-0.39, 0.29) is 5.54 Å². The first-order chi connectivity index (χ1) is 10.0. The van der Waals surface area contributed by atoms with E-state index in [2.05, 4.69) is 71.2 Å². The van der Waals surface area contributed by atoms with Crippen LogP contribution in [-0.2, 0) is 6.42 Å². The van der Waals surface area contributed by atoms with Crippen LogP contribution in [0.4, 0.5) is 0 Å². The molecule has 0 aliphatic carbocycles. The van der Waals surface area contributed by atoms with Crippen molar-refractivity contribution in [2.45, 2.75) is 58.0 Å². The third-order valence-corrected chi connectivity index (χ3v) is 5.30. The standard InChI is InChI=1S/C18H29BrN2/c1-4-11-20-17(14-15-7-9-16(19)10-8-15)18(2,3)21-12-5-6-13-21/h7-10,17,20H,4-6,11-14H2,1-3H3. The lowest BCUT2D eigenvalue weighted by molar-refractivity contribution is 0.106. The minimum Gasteiger partial charge on any atom is -0.312 e. The first kappa shape index (κ1) is 17.0. The summed E-state index contributed by atoms with van der Waals surface area (Å²) < 4.78 is 1.16. The van der Waals surface area contributed by atoms with Crippen molar-refractivity contribution in [3.63, 3.8) is 0 Å². The summed E-state index contributed by atoms with van der Waals surface area (Å²) in [6, 6.07) is 9.27. The summed E-state index contributed by atoms with van der Waals surface area (Å²) in [7, 11) is 0. The fourth-order valence-corrected chi connectivity index (χ4v) is 3.52. The van der Waals surface area contributed by atoms with Crippen molar-refractivity contribution < 1.29 is 0 Å². The average molecular weight is 353 g/mol. The predicted molar refractivity (Wildman–Crippen MR) is 94.8 cm³/mol. The molecule has 0 aromatic heterocycles. The highest BCUT2D eigenvalue weighted by Gasteiger charge is 2.36. The van der Waals surface area contributed by atoms with E-state index in [9.17, 15) is 0 Å². The Morgan fingerprint density at radius 3 is 2.38 bits per heavy atom. The molecule has 0 radical (unpaired) electrons. The number of nitrogens with zero attached hydrogens (tertiary/aromatic N) is 1. The van der Waals surface area contributed by atoms with Crippen molar-refractivity contribution >= 4 is 15.9 Å². The van der Waals surface area contributed by atoms with Gasteiger partial charge in [-0.05, 0) is 76.9 Å². The second kappa shape index (κ2) is 7.75. The van der Waals surface area contributed by atoms with E-state index < -0.39 is 0 Å². The lowest BCUT2D eigenvalue weighted by Crippen LogP contribution is -2.58. The Hall–Kier alpha value is -0.380. The maximum Gasteiger partial charge on any atom is 0.0309 e. The van der Waals surface area contributed by atoms with E-state index in [0.717, 1.165) is 17.4 Å². The molecule has 3 heteroatoms. The molecule has 0 amide bonds. The Morgan fingerprint density at radius 2 is 1.81 bits per heavy atom. The second-order valence-corrected chi connectivity index (χ2v) is 7.60. The number of nitrogens with one attached hydrogen (secondary N) is 1. The van der Waals surface area contributed by atoms with Crippen LogP contribution in [0.5, 0.6) is 0 Å². The van der Waals surface area contributed by atoms with E-state index in [1.54, 1.807) is 0 Å². The van der Waals surface area contributed by atoms with Gasteiger partial charge in [0.15, 0.2) is 0 Å². The Labute approximate surface area is 138 Å². The number of hydrogen-bond acceptors (Lipinski definition) is 2. The van der Waals surface area contributed by atoms with E-state index in [1.165, 1.54) is 37.9 Å². The first-order valence-corrected chi connectivity index (χ1v) is 9.06. The Bertz CT molecular complexity index is 421. The molecule has 0 saturated carbocycles. The molecule has 1 aliphatic rings. The van der Waals surface area contributed by atoms with Gasteiger partial charge in [0, 0.05) is 16.1 Å². The summed E-state index contributed by atoms with van der Waals surface area (Å²) in [5, 5.41) is 3.80. The van der Waals surface area contributed by atoms with Gasteiger partial charge in [0.1, 0.15) is 0 Å². The number of halogens is 1. The highest BCUT2D eigenvalue weighted by molar-refractivity contribution is 9.10. The van der Waals surface area contributed by atoms with E-state index in [1.807, 2.05) is 0 Å². The number of likely N-dealkylation sites (tertiary alicyclic amines) is 1. The molecule has 1 heterocycles. The molecule has 1 fully saturated rings. The maximum absolute atomic E-state index is 3.80. The van der Waals surface area contributed by atoms with Crippen molar-refractivity contribution in [2.75, 3.05) is 19.6 Å². The quantitative estimate of drug-likeness (QED) is 0.789. The van der Waals surface area contributed by atoms with Crippen LogP contribution in [0.1, 0.15) is 45.6 Å². The third-order valence-electron chi connectivity index (χ3n) is 4.77. The van der Waals surface area contributed by atoms with Gasteiger partial charge in [-0.1, -0.05) is 35.0 Å². The molecule has 2 rings (SSSR count). The van der Waals surface area contributed by atoms with Gasteiger partial charge in [0.25, 0.3) is 0 Å². The van der Waals surface area contributed by atoms with Crippen molar-refractivity contribution in [3.05, 3.63) is 34.3 Å². The molecule has 2 nitrogen and oxygen atoms in total. The zero-order chi connectivity index (χ0) is 15.3. The highest BCUT2D eigenvalue weighted by Crippen LogP contribution is 2.26. The van der Waals surface area contributed by atoms with Crippen LogP contribution in [0, 0.1) is 0 Å². The zero-order valence-electron chi connectivity index (χ0n) is 13.7. The summed E-state index contributed by atoms with van der Waals surface area (Å²) >= 11 is 3.52. The van der Waals surface area contributed by atoms with Crippen LogP contribution in [0.2, 0.25) is 0 Å². The first-order valence-electron chi connectivity index (χ1n) is 8.27. The van der Waals surface area contributed by atoms with Gasteiger partial charge in [0.2, 0.25) is 0 Å². The Balaban J connectivity index is 2.10. The van der Waals surface area contributed by atoms with Gasteiger partial charge in [-0.15, -0.1) is 0 Å². The van der Waals surface area contributed by atoms with Gasteiger partial charge in [-0.25, -0.2) is 0 Å². The van der Waals surface area contributed by atoms with Crippen LogP contribution < -0.4 is 5.32 Å². The number of rotatable bonds is 7. The molecule has 21 heavy (non-hydrogen) atoms. The fourth-order valence-electron chi connectivity index (χ4n) is 3.26. The summed E-state index contributed by atoms with van der Waals surface area (Å²) in [6.45, 7) is 10.6. The molecule has 0 spiro atoms. The highest BCUT2D eigenvalue weighted by atomic mass is 79.9. The van der Waals surface area contributed by atoms with Gasteiger partial charge in [-0.2, -0.15) is 0 Å². The van der Waals surface area contributed by atoms with Crippen molar-refractivity contribution in [2.24, 2.45) is 0 Å². The van der Waals surface area contributed by atoms with Crippen molar-refractivity contribution in [1.82, 2.24) is 10.2 Å². The minimum absolute atomic E-state index is 0.207. The Kier molecular flexibility index (Phi) is 6.27.